The van der Waals surface area contributed by atoms with E-state index in [2.05, 4.69) is 4.98 Å². The van der Waals surface area contributed by atoms with Crippen molar-refractivity contribution in [2.45, 2.75) is 11.2 Å². The Morgan fingerprint density at radius 2 is 1.92 bits per heavy atom. The Bertz CT molecular complexity index is 406. The third-order valence-electron chi connectivity index (χ3n) is 0.975. The summed E-state index contributed by atoms with van der Waals surface area (Å²) in [4.78, 5) is 2.58. The summed E-state index contributed by atoms with van der Waals surface area (Å²) >= 11 is 0.0281. The molecule has 0 saturated carbocycles. The lowest BCUT2D eigenvalue weighted by molar-refractivity contribution is -0.137. The van der Waals surface area contributed by atoms with Crippen LogP contribution in [0.5, 0.6) is 0 Å². The van der Waals surface area contributed by atoms with Crippen LogP contribution in [0, 0.1) is 0 Å². The van der Waals surface area contributed by atoms with Gasteiger partial charge in [0.1, 0.15) is 0 Å². The first-order chi connectivity index (χ1) is 5.71. The van der Waals surface area contributed by atoms with E-state index in [-0.39, 0.29) is 11.3 Å². The number of hydrogen-bond donors (Lipinski definition) is 0. The standard InChI is InChI=1S/C4HF4NO2S2/c5-4(6,7)3-9-2(1-12-3)13(8,10)11/h1H. The molecule has 0 aromatic carbocycles. The van der Waals surface area contributed by atoms with Crippen molar-refractivity contribution in [1.82, 2.24) is 4.98 Å². The number of nitrogens with zero attached hydrogens (tertiary/aromatic N) is 1. The van der Waals surface area contributed by atoms with Crippen molar-refractivity contribution in [2.24, 2.45) is 0 Å². The number of aromatic nitrogens is 1. The van der Waals surface area contributed by atoms with Crippen LogP contribution in [0.2, 0.25) is 0 Å². The molecular formula is C4HF4NO2S2. The van der Waals surface area contributed by atoms with Crippen molar-refractivity contribution in [1.29, 1.82) is 0 Å². The third-order valence-corrected chi connectivity index (χ3v) is 2.72. The molecule has 1 heterocycles. The molecule has 1 aromatic rings. The quantitative estimate of drug-likeness (QED) is 0.551. The molecule has 0 fully saturated rings. The molecule has 1 aromatic heterocycles. The van der Waals surface area contributed by atoms with Crippen molar-refractivity contribution < 1.29 is 25.5 Å². The van der Waals surface area contributed by atoms with Crippen LogP contribution in [0.3, 0.4) is 0 Å². The van der Waals surface area contributed by atoms with Crippen LogP contribution in [-0.2, 0) is 16.4 Å². The zero-order valence-electron chi connectivity index (χ0n) is 5.67. The van der Waals surface area contributed by atoms with Crippen LogP contribution >= 0.6 is 11.3 Å². The first-order valence-electron chi connectivity index (χ1n) is 2.68. The van der Waals surface area contributed by atoms with Crippen molar-refractivity contribution in [2.75, 3.05) is 0 Å². The van der Waals surface area contributed by atoms with Crippen LogP contribution in [0.4, 0.5) is 17.1 Å². The molecule has 0 radical (unpaired) electrons. The Balaban J connectivity index is 3.16. The fourth-order valence-corrected chi connectivity index (χ4v) is 1.91. The maximum absolute atomic E-state index is 12.1. The van der Waals surface area contributed by atoms with E-state index in [0.717, 1.165) is 0 Å². The molecule has 0 amide bonds. The number of alkyl halides is 3. The largest absolute Gasteiger partial charge is 0.443 e. The summed E-state index contributed by atoms with van der Waals surface area (Å²) in [6.45, 7) is 0. The van der Waals surface area contributed by atoms with Crippen molar-refractivity contribution in [3.63, 3.8) is 0 Å². The molecule has 3 nitrogen and oxygen atoms in total. The Hall–Kier alpha value is -0.700. The topological polar surface area (TPSA) is 47.0 Å². The highest BCUT2D eigenvalue weighted by Crippen LogP contribution is 2.32. The van der Waals surface area contributed by atoms with Crippen LogP contribution in [0.25, 0.3) is 0 Å². The first-order valence-corrected chi connectivity index (χ1v) is 4.95. The second kappa shape index (κ2) is 2.91. The molecule has 74 valence electrons. The average molecular weight is 235 g/mol. The molecule has 0 unspecified atom stereocenters. The van der Waals surface area contributed by atoms with Crippen molar-refractivity contribution in [3.05, 3.63) is 10.4 Å². The van der Waals surface area contributed by atoms with Gasteiger partial charge in [-0.05, 0) is 0 Å². The monoisotopic (exact) mass is 235 g/mol. The Labute approximate surface area is 74.2 Å². The number of rotatable bonds is 1. The van der Waals surface area contributed by atoms with Gasteiger partial charge < -0.3 is 0 Å². The number of hydrogen-bond acceptors (Lipinski definition) is 4. The van der Waals surface area contributed by atoms with Gasteiger partial charge in [-0.2, -0.15) is 21.6 Å². The van der Waals surface area contributed by atoms with Crippen LogP contribution < -0.4 is 0 Å². The summed E-state index contributed by atoms with van der Waals surface area (Å²) in [6, 6.07) is 0. The summed E-state index contributed by atoms with van der Waals surface area (Å²) in [7, 11) is -5.14. The highest BCUT2D eigenvalue weighted by atomic mass is 32.3. The van der Waals surface area contributed by atoms with E-state index in [1.807, 2.05) is 0 Å². The molecular weight excluding hydrogens is 234 g/mol. The van der Waals surface area contributed by atoms with E-state index >= 15 is 0 Å². The molecule has 0 bridgehead atoms. The van der Waals surface area contributed by atoms with E-state index in [1.54, 1.807) is 0 Å². The van der Waals surface area contributed by atoms with Gasteiger partial charge in [0.15, 0.2) is 10.0 Å². The summed E-state index contributed by atoms with van der Waals surface area (Å²) in [5, 5.41) is -2.09. The van der Waals surface area contributed by atoms with Gasteiger partial charge in [-0.1, -0.05) is 3.89 Å². The fraction of sp³-hybridized carbons (Fsp3) is 0.250. The molecule has 9 heteroatoms. The van der Waals surface area contributed by atoms with Gasteiger partial charge in [0.05, 0.1) is 0 Å². The smallest absolute Gasteiger partial charge is 0.218 e. The van der Waals surface area contributed by atoms with E-state index < -0.39 is 26.4 Å². The van der Waals surface area contributed by atoms with Gasteiger partial charge >= 0.3 is 16.4 Å². The minimum absolute atomic E-state index is 0.0281. The lowest BCUT2D eigenvalue weighted by Crippen LogP contribution is -2.04. The van der Waals surface area contributed by atoms with Gasteiger partial charge in [-0.25, -0.2) is 4.98 Å². The fourth-order valence-electron chi connectivity index (χ4n) is 0.501. The van der Waals surface area contributed by atoms with Gasteiger partial charge in [0, 0.05) is 5.38 Å². The predicted molar refractivity (Wildman–Crippen MR) is 35.4 cm³/mol. The van der Waals surface area contributed by atoms with Crippen LogP contribution in [0.15, 0.2) is 10.4 Å². The summed E-state index contributed by atoms with van der Waals surface area (Å²) in [5.41, 5.74) is 0. The summed E-state index contributed by atoms with van der Waals surface area (Å²) in [6.07, 6.45) is -4.74. The number of thiazole rings is 1. The zero-order chi connectivity index (χ0) is 10.3. The maximum atomic E-state index is 12.1. The SMILES string of the molecule is O=S(=O)(F)c1csc(C(F)(F)F)n1. The molecule has 13 heavy (non-hydrogen) atoms. The lowest BCUT2D eigenvalue weighted by Gasteiger charge is -1.98. The minimum Gasteiger partial charge on any atom is -0.218 e. The van der Waals surface area contributed by atoms with Crippen LogP contribution in [0.1, 0.15) is 5.01 Å². The first kappa shape index (κ1) is 10.4. The molecule has 0 spiro atoms. The molecule has 0 atom stereocenters. The predicted octanol–water partition coefficient (Wildman–Crippen LogP) is 1.82. The summed E-state index contributed by atoms with van der Waals surface area (Å²) in [5.74, 6) is 0. The van der Waals surface area contributed by atoms with E-state index in [4.69, 9.17) is 0 Å². The second-order valence-electron chi connectivity index (χ2n) is 1.93. The minimum atomic E-state index is -5.14. The Morgan fingerprint density at radius 1 is 1.38 bits per heavy atom. The Morgan fingerprint density at radius 3 is 2.15 bits per heavy atom. The maximum Gasteiger partial charge on any atom is 0.443 e. The van der Waals surface area contributed by atoms with Gasteiger partial charge in [-0.3, -0.25) is 0 Å². The van der Waals surface area contributed by atoms with Crippen molar-refractivity contribution >= 4 is 21.6 Å². The van der Waals surface area contributed by atoms with E-state index in [1.165, 1.54) is 0 Å². The van der Waals surface area contributed by atoms with E-state index in [9.17, 15) is 25.5 Å². The normalized spacial score (nSPS) is 13.2. The van der Waals surface area contributed by atoms with Crippen molar-refractivity contribution in [3.8, 4) is 0 Å². The third kappa shape index (κ3) is 2.37. The zero-order valence-corrected chi connectivity index (χ0v) is 7.30. The molecule has 0 aliphatic carbocycles. The molecule has 0 aliphatic rings. The summed E-state index contributed by atoms with van der Waals surface area (Å²) < 4.78 is 67.7. The molecule has 0 N–H and O–H groups in total. The lowest BCUT2D eigenvalue weighted by atomic mass is 10.7. The molecule has 0 aliphatic heterocycles. The highest BCUT2D eigenvalue weighted by Gasteiger charge is 2.36. The van der Waals surface area contributed by atoms with Gasteiger partial charge in [0.25, 0.3) is 0 Å². The molecule has 1 rings (SSSR count). The van der Waals surface area contributed by atoms with Crippen LogP contribution in [-0.4, -0.2) is 13.4 Å². The Kier molecular flexibility index (Phi) is 2.32. The van der Waals surface area contributed by atoms with Gasteiger partial charge in [0.2, 0.25) is 0 Å². The molecule has 0 saturated heterocycles. The average Bonchev–Trinajstić information content (AvgIpc) is 2.28. The highest BCUT2D eigenvalue weighted by molar-refractivity contribution is 7.86. The van der Waals surface area contributed by atoms with E-state index in [0.29, 0.717) is 5.38 Å². The second-order valence-corrected chi connectivity index (χ2v) is 4.08. The van der Waals surface area contributed by atoms with Gasteiger partial charge in [-0.15, -0.1) is 11.3 Å². The number of halogens is 4.